The Balaban J connectivity index is 0.000000948. The van der Waals surface area contributed by atoms with Gasteiger partial charge >= 0.3 is 0 Å². The van der Waals surface area contributed by atoms with E-state index in [4.69, 9.17) is 9.47 Å². The molecule has 1 aromatic carbocycles. The fraction of sp³-hybridized carbons (Fsp3) is 0.500. The number of benzene rings is 1. The Bertz CT molecular complexity index is 736. The van der Waals surface area contributed by atoms with Crippen LogP contribution in [0.3, 0.4) is 0 Å². The van der Waals surface area contributed by atoms with Crippen molar-refractivity contribution in [1.29, 1.82) is 0 Å². The molecule has 0 amide bonds. The number of aromatic nitrogens is 1. The maximum absolute atomic E-state index is 6.33. The number of likely N-dealkylation sites (tertiary alicyclic amines) is 1. The second-order valence-electron chi connectivity index (χ2n) is 7.12. The van der Waals surface area contributed by atoms with Gasteiger partial charge < -0.3 is 14.4 Å². The van der Waals surface area contributed by atoms with Crippen LogP contribution < -0.4 is 9.47 Å². The lowest BCUT2D eigenvalue weighted by Gasteiger charge is -2.30. The van der Waals surface area contributed by atoms with Gasteiger partial charge in [-0.3, -0.25) is 4.98 Å². The second-order valence-corrected chi connectivity index (χ2v) is 7.12. The number of para-hydroxylation sites is 1. The number of pyridine rings is 1. The normalized spacial score (nSPS) is 22.7. The third kappa shape index (κ3) is 3.56. The second kappa shape index (κ2) is 7.67. The van der Waals surface area contributed by atoms with Crippen molar-refractivity contribution in [1.82, 2.24) is 9.88 Å². The van der Waals surface area contributed by atoms with Crippen molar-refractivity contribution in [2.75, 3.05) is 20.1 Å². The Kier molecular flexibility index (Phi) is 5.52. The number of hydrogen-bond donors (Lipinski definition) is 0. The Hall–Kier alpha value is -2.07. The zero-order valence-electron chi connectivity index (χ0n) is 16.6. The van der Waals surface area contributed by atoms with Crippen molar-refractivity contribution in [3.8, 4) is 11.5 Å². The van der Waals surface area contributed by atoms with Crippen molar-refractivity contribution >= 4 is 0 Å². The molecule has 4 heteroatoms. The van der Waals surface area contributed by atoms with Crippen LogP contribution in [0.2, 0.25) is 0 Å². The number of fused-ring (bicyclic) bond motifs is 1. The maximum atomic E-state index is 6.33. The minimum absolute atomic E-state index is 0.535. The maximum Gasteiger partial charge on any atom is 0.292 e. The molecule has 1 fully saturated rings. The molecule has 1 saturated heterocycles. The van der Waals surface area contributed by atoms with E-state index in [9.17, 15) is 0 Å². The monoisotopic (exact) mass is 354 g/mol. The minimum atomic E-state index is -0.850. The van der Waals surface area contributed by atoms with E-state index in [1.165, 1.54) is 5.56 Å². The summed E-state index contributed by atoms with van der Waals surface area (Å²) < 4.78 is 12.5. The molecule has 0 N–H and O–H groups in total. The van der Waals surface area contributed by atoms with E-state index in [2.05, 4.69) is 29.1 Å². The molecule has 0 spiro atoms. The molecule has 2 aromatic rings. The summed E-state index contributed by atoms with van der Waals surface area (Å²) in [5.41, 5.74) is 3.21. The summed E-state index contributed by atoms with van der Waals surface area (Å²) in [6.45, 7) is 10.2. The first-order valence-electron chi connectivity index (χ1n) is 9.68. The molecule has 26 heavy (non-hydrogen) atoms. The van der Waals surface area contributed by atoms with Crippen molar-refractivity contribution in [2.24, 2.45) is 0 Å². The molecule has 1 atom stereocenters. The van der Waals surface area contributed by atoms with E-state index < -0.39 is 5.79 Å². The minimum Gasteiger partial charge on any atom is -0.443 e. The van der Waals surface area contributed by atoms with E-state index in [1.54, 1.807) is 0 Å². The molecule has 0 radical (unpaired) electrons. The topological polar surface area (TPSA) is 34.6 Å². The van der Waals surface area contributed by atoms with Crippen molar-refractivity contribution < 1.29 is 9.47 Å². The highest BCUT2D eigenvalue weighted by Crippen LogP contribution is 2.48. The summed E-state index contributed by atoms with van der Waals surface area (Å²) in [7, 11) is 2.19. The van der Waals surface area contributed by atoms with Crippen LogP contribution in [-0.4, -0.2) is 30.0 Å². The van der Waals surface area contributed by atoms with Gasteiger partial charge in [-0.25, -0.2) is 0 Å². The number of hydrogen-bond acceptors (Lipinski definition) is 4. The lowest BCUT2D eigenvalue weighted by Crippen LogP contribution is -2.33. The molecule has 0 saturated carbocycles. The molecule has 2 aliphatic rings. The number of piperidine rings is 1. The highest BCUT2D eigenvalue weighted by atomic mass is 16.7. The fourth-order valence-electron chi connectivity index (χ4n) is 3.63. The van der Waals surface area contributed by atoms with Gasteiger partial charge in [-0.2, -0.15) is 0 Å². The highest BCUT2D eigenvalue weighted by molar-refractivity contribution is 5.51. The molecule has 0 unspecified atom stereocenters. The number of ether oxygens (including phenoxy) is 2. The van der Waals surface area contributed by atoms with Crippen LogP contribution in [0.1, 0.15) is 56.4 Å². The molecule has 2 aliphatic heterocycles. The van der Waals surface area contributed by atoms with Gasteiger partial charge in [0.25, 0.3) is 5.79 Å². The highest BCUT2D eigenvalue weighted by Gasteiger charge is 2.42. The summed E-state index contributed by atoms with van der Waals surface area (Å²) in [6.07, 6.45) is 4.18. The van der Waals surface area contributed by atoms with Gasteiger partial charge in [-0.05, 0) is 63.5 Å². The average Bonchev–Trinajstić information content (AvgIpc) is 3.02. The predicted octanol–water partition coefficient (Wildman–Crippen LogP) is 4.87. The molecular weight excluding hydrogens is 324 g/mol. The van der Waals surface area contributed by atoms with Crippen molar-refractivity contribution in [3.63, 3.8) is 0 Å². The third-order valence-corrected chi connectivity index (χ3v) is 5.15. The van der Waals surface area contributed by atoms with E-state index in [1.807, 2.05) is 52.1 Å². The van der Waals surface area contributed by atoms with E-state index in [-0.39, 0.29) is 0 Å². The SMILES string of the molecule is CC.Cc1ccc([C@@]2(C)Oc3cccc(C4CCN(C)CC4)c3O2)nc1. The smallest absolute Gasteiger partial charge is 0.292 e. The summed E-state index contributed by atoms with van der Waals surface area (Å²) in [5, 5.41) is 0. The van der Waals surface area contributed by atoms with Crippen LogP contribution in [0.5, 0.6) is 11.5 Å². The van der Waals surface area contributed by atoms with Crippen LogP contribution in [-0.2, 0) is 5.79 Å². The van der Waals surface area contributed by atoms with Gasteiger partial charge in [0.1, 0.15) is 5.69 Å². The van der Waals surface area contributed by atoms with Crippen LogP contribution in [0.4, 0.5) is 0 Å². The summed E-state index contributed by atoms with van der Waals surface area (Å²) in [6, 6.07) is 10.3. The fourth-order valence-corrected chi connectivity index (χ4v) is 3.63. The largest absolute Gasteiger partial charge is 0.443 e. The predicted molar refractivity (Wildman–Crippen MR) is 105 cm³/mol. The Labute approximate surface area is 157 Å². The number of nitrogens with zero attached hydrogens (tertiary/aromatic N) is 2. The Morgan fingerprint density at radius 2 is 1.81 bits per heavy atom. The Morgan fingerprint density at radius 3 is 2.46 bits per heavy atom. The molecule has 140 valence electrons. The third-order valence-electron chi connectivity index (χ3n) is 5.15. The first-order chi connectivity index (χ1) is 12.5. The molecule has 4 rings (SSSR count). The van der Waals surface area contributed by atoms with Crippen molar-refractivity contribution in [3.05, 3.63) is 53.3 Å². The van der Waals surface area contributed by atoms with Crippen molar-refractivity contribution in [2.45, 2.75) is 52.2 Å². The lowest BCUT2D eigenvalue weighted by molar-refractivity contribution is -0.0722. The van der Waals surface area contributed by atoms with Gasteiger partial charge in [-0.15, -0.1) is 0 Å². The molecule has 0 aliphatic carbocycles. The molecular formula is C22H30N2O2. The van der Waals surface area contributed by atoms with Crippen LogP contribution in [0.15, 0.2) is 36.5 Å². The molecule has 1 aromatic heterocycles. The van der Waals surface area contributed by atoms with Crippen LogP contribution >= 0.6 is 0 Å². The number of aryl methyl sites for hydroxylation is 1. The average molecular weight is 354 g/mol. The quantitative estimate of drug-likeness (QED) is 0.771. The first-order valence-corrected chi connectivity index (χ1v) is 9.68. The summed E-state index contributed by atoms with van der Waals surface area (Å²) >= 11 is 0. The van der Waals surface area contributed by atoms with Gasteiger partial charge in [-0.1, -0.05) is 32.0 Å². The Morgan fingerprint density at radius 1 is 1.08 bits per heavy atom. The van der Waals surface area contributed by atoms with Crippen LogP contribution in [0.25, 0.3) is 0 Å². The van der Waals surface area contributed by atoms with Gasteiger partial charge in [0, 0.05) is 18.7 Å². The summed E-state index contributed by atoms with van der Waals surface area (Å²) in [4.78, 5) is 6.90. The van der Waals surface area contributed by atoms with E-state index in [0.717, 1.165) is 48.7 Å². The molecule has 3 heterocycles. The van der Waals surface area contributed by atoms with E-state index in [0.29, 0.717) is 5.92 Å². The zero-order valence-corrected chi connectivity index (χ0v) is 16.6. The number of rotatable bonds is 2. The lowest BCUT2D eigenvalue weighted by atomic mass is 9.89. The van der Waals surface area contributed by atoms with Gasteiger partial charge in [0.2, 0.25) is 0 Å². The first kappa shape index (κ1) is 18.7. The van der Waals surface area contributed by atoms with Gasteiger partial charge in [0.05, 0.1) is 0 Å². The van der Waals surface area contributed by atoms with Crippen LogP contribution in [0, 0.1) is 6.92 Å². The zero-order chi connectivity index (χ0) is 18.7. The molecule has 4 nitrogen and oxygen atoms in total. The standard InChI is InChI=1S/C20H24N2O2.C2H6/c1-14-7-8-18(21-13-14)20(2)23-17-6-4-5-16(19(17)24-20)15-9-11-22(3)12-10-15;1-2/h4-8,13,15H,9-12H2,1-3H3;1-2H3/t20-;/m0./s1. The summed E-state index contributed by atoms with van der Waals surface area (Å²) in [5.74, 6) is 1.42. The molecule has 0 bridgehead atoms. The van der Waals surface area contributed by atoms with Gasteiger partial charge in [0.15, 0.2) is 11.5 Å². The van der Waals surface area contributed by atoms with E-state index >= 15 is 0 Å².